The van der Waals surface area contributed by atoms with E-state index < -0.39 is 0 Å². The van der Waals surface area contributed by atoms with Crippen LogP contribution in [0.2, 0.25) is 0 Å². The maximum absolute atomic E-state index is 6.14. The van der Waals surface area contributed by atoms with Crippen molar-refractivity contribution in [1.82, 2.24) is 4.98 Å². The Hall–Kier alpha value is -3.27. The van der Waals surface area contributed by atoms with Crippen LogP contribution in [0.1, 0.15) is 37.7 Å². The molecule has 160 valence electrons. The molecule has 1 aromatic heterocycles. The second kappa shape index (κ2) is 10.2. The lowest BCUT2D eigenvalue weighted by Crippen LogP contribution is -2.03. The molecule has 0 unspecified atom stereocenters. The second-order valence-electron chi connectivity index (χ2n) is 7.90. The average molecular weight is 415 g/mol. The van der Waals surface area contributed by atoms with Crippen LogP contribution in [0.4, 0.5) is 5.69 Å². The van der Waals surface area contributed by atoms with Crippen molar-refractivity contribution in [2.24, 2.45) is 0 Å². The van der Waals surface area contributed by atoms with Crippen LogP contribution in [0.25, 0.3) is 21.7 Å². The zero-order valence-corrected chi connectivity index (χ0v) is 18.1. The molecule has 4 heteroatoms. The van der Waals surface area contributed by atoms with E-state index in [9.17, 15) is 0 Å². The predicted octanol–water partition coefficient (Wildman–Crippen LogP) is 6.55. The minimum absolute atomic E-state index is 0.644. The molecular weight excluding hydrogens is 384 g/mol. The molecule has 0 aliphatic carbocycles. The number of nitrogens with two attached hydrogens (primary N) is 1. The van der Waals surface area contributed by atoms with Crippen molar-refractivity contribution in [2.75, 3.05) is 19.5 Å². The van der Waals surface area contributed by atoms with Gasteiger partial charge >= 0.3 is 0 Å². The Labute approximate surface area is 184 Å². The molecule has 2 heterocycles. The van der Waals surface area contributed by atoms with Crippen molar-refractivity contribution in [3.05, 3.63) is 72.4 Å². The molecule has 2 N–H and O–H groups in total. The predicted molar refractivity (Wildman–Crippen MR) is 129 cm³/mol. The molecule has 4 aromatic rings. The molecule has 0 fully saturated rings. The van der Waals surface area contributed by atoms with Gasteiger partial charge in [-0.25, -0.2) is 0 Å². The van der Waals surface area contributed by atoms with E-state index in [-0.39, 0.29) is 0 Å². The lowest BCUT2D eigenvalue weighted by atomic mass is 10.0. The van der Waals surface area contributed by atoms with Gasteiger partial charge in [0.15, 0.2) is 11.5 Å². The van der Waals surface area contributed by atoms with E-state index in [4.69, 9.17) is 15.2 Å². The molecule has 5 rings (SSSR count). The van der Waals surface area contributed by atoms with Gasteiger partial charge in [-0.3, -0.25) is 4.98 Å². The van der Waals surface area contributed by atoms with Gasteiger partial charge in [-0.2, -0.15) is 0 Å². The Morgan fingerprint density at radius 3 is 2.19 bits per heavy atom. The molecule has 4 nitrogen and oxygen atoms in total. The van der Waals surface area contributed by atoms with Crippen LogP contribution in [0, 0.1) is 0 Å². The van der Waals surface area contributed by atoms with Crippen LogP contribution in [-0.2, 0) is 6.42 Å². The molecule has 0 radical (unpaired) electrons. The Morgan fingerprint density at radius 1 is 0.871 bits per heavy atom. The highest BCUT2D eigenvalue weighted by molar-refractivity contribution is 5.98. The van der Waals surface area contributed by atoms with Crippen LogP contribution in [0.15, 0.2) is 66.9 Å². The van der Waals surface area contributed by atoms with Crippen molar-refractivity contribution >= 4 is 27.4 Å². The van der Waals surface area contributed by atoms with Crippen molar-refractivity contribution in [3.8, 4) is 11.5 Å². The summed E-state index contributed by atoms with van der Waals surface area (Å²) in [6.45, 7) is 0.712. The lowest BCUT2D eigenvalue weighted by Gasteiger charge is -2.16. The minimum Gasteiger partial charge on any atom is -0.493 e. The van der Waals surface area contributed by atoms with Gasteiger partial charge in [0.25, 0.3) is 0 Å². The van der Waals surface area contributed by atoms with Gasteiger partial charge in [0.2, 0.25) is 0 Å². The molecule has 1 aliphatic rings. The Morgan fingerprint density at radius 2 is 1.52 bits per heavy atom. The topological polar surface area (TPSA) is 57.4 Å². The largest absolute Gasteiger partial charge is 0.493 e. The number of aromatic nitrogens is 1. The number of ether oxygens (including phenoxy) is 2. The van der Waals surface area contributed by atoms with Crippen molar-refractivity contribution in [3.63, 3.8) is 0 Å². The second-order valence-corrected chi connectivity index (χ2v) is 7.90. The lowest BCUT2D eigenvalue weighted by molar-refractivity contribution is 0.289. The minimum atomic E-state index is 0.644. The molecule has 31 heavy (non-hydrogen) atoms. The number of pyridine rings is 1. The quantitative estimate of drug-likeness (QED) is 0.359. The van der Waals surface area contributed by atoms with E-state index in [0.29, 0.717) is 18.0 Å². The number of anilines is 1. The summed E-state index contributed by atoms with van der Waals surface area (Å²) in [6.07, 6.45) is 8.88. The van der Waals surface area contributed by atoms with Gasteiger partial charge in [0.1, 0.15) is 0 Å². The first-order valence-electron chi connectivity index (χ1n) is 11.1. The van der Waals surface area contributed by atoms with E-state index >= 15 is 0 Å². The molecular formula is C27H30N2O2. The number of nitrogens with zero attached hydrogens (tertiary/aromatic N) is 1. The summed E-state index contributed by atoms with van der Waals surface area (Å²) in [5.41, 5.74) is 8.86. The first-order chi connectivity index (χ1) is 15.3. The van der Waals surface area contributed by atoms with Crippen LogP contribution < -0.4 is 15.2 Å². The van der Waals surface area contributed by atoms with E-state index in [2.05, 4.69) is 59.6 Å². The SMILES string of the molecule is COc1cc(N)c2nccc3c2c1OCCCCCCC3.c1ccc2ccccc2c1. The van der Waals surface area contributed by atoms with Crippen molar-refractivity contribution in [2.45, 2.75) is 38.5 Å². The van der Waals surface area contributed by atoms with Crippen molar-refractivity contribution < 1.29 is 9.47 Å². The average Bonchev–Trinajstić information content (AvgIpc) is 2.86. The third kappa shape index (κ3) is 4.91. The van der Waals surface area contributed by atoms with Crippen LogP contribution >= 0.6 is 0 Å². The van der Waals surface area contributed by atoms with Crippen LogP contribution in [0.5, 0.6) is 11.5 Å². The van der Waals surface area contributed by atoms with E-state index in [1.807, 2.05) is 12.3 Å². The summed E-state index contributed by atoms with van der Waals surface area (Å²) in [4.78, 5) is 4.45. The first-order valence-corrected chi connectivity index (χ1v) is 11.1. The zero-order valence-electron chi connectivity index (χ0n) is 18.1. The molecule has 1 aliphatic heterocycles. The first kappa shape index (κ1) is 21.0. The summed E-state index contributed by atoms with van der Waals surface area (Å²) in [5.74, 6) is 1.50. The monoisotopic (exact) mass is 414 g/mol. The number of hydrogen-bond acceptors (Lipinski definition) is 4. The molecule has 0 saturated carbocycles. The molecule has 0 amide bonds. The number of fused-ring (bicyclic) bond motifs is 1. The summed E-state index contributed by atoms with van der Waals surface area (Å²) < 4.78 is 11.5. The Bertz CT molecular complexity index is 1090. The van der Waals surface area contributed by atoms with Gasteiger partial charge in [-0.05, 0) is 41.7 Å². The highest BCUT2D eigenvalue weighted by atomic mass is 16.5. The third-order valence-corrected chi connectivity index (χ3v) is 5.76. The maximum atomic E-state index is 6.14. The van der Waals surface area contributed by atoms with Crippen LogP contribution in [-0.4, -0.2) is 18.7 Å². The number of benzene rings is 3. The molecule has 0 spiro atoms. The fourth-order valence-corrected chi connectivity index (χ4v) is 4.13. The van der Waals surface area contributed by atoms with Gasteiger partial charge in [-0.15, -0.1) is 0 Å². The van der Waals surface area contributed by atoms with Gasteiger partial charge in [0, 0.05) is 12.3 Å². The summed E-state index contributed by atoms with van der Waals surface area (Å²) >= 11 is 0. The molecule has 0 saturated heterocycles. The van der Waals surface area contributed by atoms with E-state index in [1.54, 1.807) is 7.11 Å². The highest BCUT2D eigenvalue weighted by Gasteiger charge is 2.17. The van der Waals surface area contributed by atoms with E-state index in [1.165, 1.54) is 42.0 Å². The molecule has 3 aromatic carbocycles. The number of rotatable bonds is 1. The van der Waals surface area contributed by atoms with Gasteiger partial charge in [-0.1, -0.05) is 67.8 Å². The van der Waals surface area contributed by atoms with Gasteiger partial charge in [0.05, 0.1) is 30.3 Å². The molecule has 0 atom stereocenters. The fourth-order valence-electron chi connectivity index (χ4n) is 4.13. The number of hydrogen-bond donors (Lipinski definition) is 1. The van der Waals surface area contributed by atoms with Gasteiger partial charge < -0.3 is 15.2 Å². The highest BCUT2D eigenvalue weighted by Crippen LogP contribution is 2.41. The summed E-state index contributed by atoms with van der Waals surface area (Å²) in [5, 5.41) is 3.64. The smallest absolute Gasteiger partial charge is 0.170 e. The Balaban J connectivity index is 0.000000192. The zero-order chi connectivity index (χ0) is 21.5. The van der Waals surface area contributed by atoms with E-state index in [0.717, 1.165) is 29.5 Å². The Kier molecular flexibility index (Phi) is 6.88. The number of aryl methyl sites for hydroxylation is 1. The molecule has 0 bridgehead atoms. The standard InChI is InChI=1S/C17H22N2O2.C10H8/c1-20-14-11-13(18)16-15-12(8-9-19-16)7-5-3-2-4-6-10-21-17(14)15;1-2-6-10-8-4-3-7-9(10)5-1/h8-9,11H,2-7,10,18H2,1H3;1-8H. The summed E-state index contributed by atoms with van der Waals surface area (Å²) in [7, 11) is 1.65. The normalized spacial score (nSPS) is 14.1. The number of nitrogen functional groups attached to an aromatic ring is 1. The number of methoxy groups -OCH3 is 1. The van der Waals surface area contributed by atoms with Crippen LogP contribution in [0.3, 0.4) is 0 Å². The maximum Gasteiger partial charge on any atom is 0.170 e. The summed E-state index contributed by atoms with van der Waals surface area (Å²) in [6, 6.07) is 20.6. The fraction of sp³-hybridized carbons (Fsp3) is 0.296. The van der Waals surface area contributed by atoms with Crippen molar-refractivity contribution in [1.29, 1.82) is 0 Å². The third-order valence-electron chi connectivity index (χ3n) is 5.76.